The van der Waals surface area contributed by atoms with Crippen molar-refractivity contribution in [1.29, 1.82) is 0 Å². The third-order valence-electron chi connectivity index (χ3n) is 3.48. The fraction of sp³-hybridized carbons (Fsp3) is 0.111. The number of nitrogens with one attached hydrogen (secondary N) is 1. The summed E-state index contributed by atoms with van der Waals surface area (Å²) >= 11 is 0. The lowest BCUT2D eigenvalue weighted by molar-refractivity contribution is 0.102. The summed E-state index contributed by atoms with van der Waals surface area (Å²) in [7, 11) is 0. The lowest BCUT2D eigenvalue weighted by Crippen LogP contribution is -2.16. The van der Waals surface area contributed by atoms with Gasteiger partial charge in [-0.25, -0.2) is 13.5 Å². The van der Waals surface area contributed by atoms with Crippen molar-refractivity contribution in [2.45, 2.75) is 13.5 Å². The van der Waals surface area contributed by atoms with E-state index in [-0.39, 0.29) is 11.4 Å². The van der Waals surface area contributed by atoms with Crippen molar-refractivity contribution in [1.82, 2.24) is 9.78 Å². The Bertz CT molecular complexity index is 872. The molecule has 3 aromatic rings. The zero-order valence-corrected chi connectivity index (χ0v) is 13.0. The van der Waals surface area contributed by atoms with Gasteiger partial charge in [0.05, 0.1) is 12.2 Å². The van der Waals surface area contributed by atoms with E-state index in [9.17, 15) is 13.6 Å². The highest BCUT2D eigenvalue weighted by Gasteiger charge is 2.12. The van der Waals surface area contributed by atoms with Crippen LogP contribution in [0.2, 0.25) is 0 Å². The number of hydrogen-bond donors (Lipinski definition) is 1. The second-order valence-corrected chi connectivity index (χ2v) is 5.42. The summed E-state index contributed by atoms with van der Waals surface area (Å²) in [6.07, 6.45) is 0. The minimum absolute atomic E-state index is 0.224. The molecule has 3 rings (SSSR count). The molecule has 24 heavy (non-hydrogen) atoms. The number of hydrogen-bond acceptors (Lipinski definition) is 2. The maximum absolute atomic E-state index is 13.2. The highest BCUT2D eigenvalue weighted by molar-refractivity contribution is 6.03. The molecule has 0 bridgehead atoms. The first-order valence-corrected chi connectivity index (χ1v) is 7.37. The van der Waals surface area contributed by atoms with E-state index in [1.165, 1.54) is 36.4 Å². The van der Waals surface area contributed by atoms with Crippen LogP contribution in [0.25, 0.3) is 0 Å². The molecule has 0 unspecified atom stereocenters. The average molecular weight is 327 g/mol. The van der Waals surface area contributed by atoms with Crippen molar-refractivity contribution in [3.05, 3.63) is 83.1 Å². The molecule has 0 spiro atoms. The van der Waals surface area contributed by atoms with Gasteiger partial charge in [0.1, 0.15) is 17.5 Å². The molecule has 0 aliphatic carbocycles. The van der Waals surface area contributed by atoms with E-state index in [0.29, 0.717) is 12.4 Å². The van der Waals surface area contributed by atoms with E-state index in [1.807, 2.05) is 0 Å². The van der Waals surface area contributed by atoms with E-state index >= 15 is 0 Å². The van der Waals surface area contributed by atoms with Crippen LogP contribution in [0.15, 0.2) is 54.6 Å². The van der Waals surface area contributed by atoms with Crippen LogP contribution in [-0.2, 0) is 6.54 Å². The second kappa shape index (κ2) is 6.62. The van der Waals surface area contributed by atoms with Crippen molar-refractivity contribution in [3.63, 3.8) is 0 Å². The van der Waals surface area contributed by atoms with E-state index in [4.69, 9.17) is 0 Å². The van der Waals surface area contributed by atoms with Gasteiger partial charge in [0.25, 0.3) is 5.91 Å². The molecule has 6 heteroatoms. The second-order valence-electron chi connectivity index (χ2n) is 5.42. The number of anilines is 1. The summed E-state index contributed by atoms with van der Waals surface area (Å²) in [5, 5.41) is 7.05. The van der Waals surface area contributed by atoms with Gasteiger partial charge in [0, 0.05) is 11.6 Å². The van der Waals surface area contributed by atoms with E-state index in [0.717, 1.165) is 11.3 Å². The summed E-state index contributed by atoms with van der Waals surface area (Å²) in [6, 6.07) is 13.2. The number of carbonyl (C=O) groups is 1. The zero-order valence-electron chi connectivity index (χ0n) is 13.0. The van der Waals surface area contributed by atoms with Gasteiger partial charge in [0.2, 0.25) is 0 Å². The Morgan fingerprint density at radius 2 is 1.83 bits per heavy atom. The van der Waals surface area contributed by atoms with Gasteiger partial charge in [-0.05, 0) is 42.8 Å². The van der Waals surface area contributed by atoms with Crippen LogP contribution in [0, 0.1) is 18.6 Å². The predicted molar refractivity (Wildman–Crippen MR) is 86.8 cm³/mol. The molecule has 1 aromatic heterocycles. The van der Waals surface area contributed by atoms with Crippen LogP contribution in [0.3, 0.4) is 0 Å². The number of carbonyl (C=O) groups excluding carboxylic acids is 1. The number of rotatable bonds is 4. The first-order valence-electron chi connectivity index (χ1n) is 7.37. The van der Waals surface area contributed by atoms with Gasteiger partial charge in [-0.3, -0.25) is 4.79 Å². The maximum atomic E-state index is 13.2. The van der Waals surface area contributed by atoms with E-state index < -0.39 is 11.7 Å². The van der Waals surface area contributed by atoms with Crippen LogP contribution in [0.5, 0.6) is 0 Å². The number of benzene rings is 2. The van der Waals surface area contributed by atoms with Crippen LogP contribution in [-0.4, -0.2) is 15.7 Å². The Balaban J connectivity index is 1.81. The standard InChI is InChI=1S/C18H15F2N3O/c1-12-9-17(21-18(24)14-3-2-4-16(20)10-14)23(22-12)11-13-5-7-15(19)8-6-13/h2-10H,11H2,1H3,(H,21,24). The molecule has 1 N–H and O–H groups in total. The van der Waals surface area contributed by atoms with Gasteiger partial charge >= 0.3 is 0 Å². The number of nitrogens with zero attached hydrogens (tertiary/aromatic N) is 2. The molecule has 1 heterocycles. The summed E-state index contributed by atoms with van der Waals surface area (Å²) < 4.78 is 27.8. The molecular formula is C18H15F2N3O. The fourth-order valence-electron chi connectivity index (χ4n) is 2.35. The number of aryl methyl sites for hydroxylation is 1. The van der Waals surface area contributed by atoms with E-state index in [2.05, 4.69) is 10.4 Å². The monoisotopic (exact) mass is 327 g/mol. The quantitative estimate of drug-likeness (QED) is 0.793. The first kappa shape index (κ1) is 15.9. The van der Waals surface area contributed by atoms with Gasteiger partial charge < -0.3 is 5.32 Å². The van der Waals surface area contributed by atoms with Crippen molar-refractivity contribution < 1.29 is 13.6 Å². The minimum atomic E-state index is -0.473. The van der Waals surface area contributed by atoms with Gasteiger partial charge in [0.15, 0.2) is 0 Å². The van der Waals surface area contributed by atoms with Crippen molar-refractivity contribution >= 4 is 11.7 Å². The molecular weight excluding hydrogens is 312 g/mol. The smallest absolute Gasteiger partial charge is 0.256 e. The molecule has 0 atom stereocenters. The van der Waals surface area contributed by atoms with Crippen LogP contribution in [0.1, 0.15) is 21.6 Å². The van der Waals surface area contributed by atoms with Crippen LogP contribution in [0.4, 0.5) is 14.6 Å². The Labute approximate surface area is 137 Å². The lowest BCUT2D eigenvalue weighted by Gasteiger charge is -2.09. The summed E-state index contributed by atoms with van der Waals surface area (Å²) in [4.78, 5) is 12.3. The highest BCUT2D eigenvalue weighted by Crippen LogP contribution is 2.15. The third kappa shape index (κ3) is 3.65. The molecule has 0 aliphatic rings. The summed E-state index contributed by atoms with van der Waals surface area (Å²) in [5.41, 5.74) is 1.80. The predicted octanol–water partition coefficient (Wildman–Crippen LogP) is 3.77. The van der Waals surface area contributed by atoms with Crippen molar-refractivity contribution in [2.24, 2.45) is 0 Å². The van der Waals surface area contributed by atoms with Crippen LogP contribution >= 0.6 is 0 Å². The minimum Gasteiger partial charge on any atom is -0.307 e. The van der Waals surface area contributed by atoms with Crippen LogP contribution < -0.4 is 5.32 Å². The number of aromatic nitrogens is 2. The molecule has 4 nitrogen and oxygen atoms in total. The normalized spacial score (nSPS) is 10.6. The molecule has 122 valence electrons. The van der Waals surface area contributed by atoms with Gasteiger partial charge in [-0.15, -0.1) is 0 Å². The molecule has 0 fully saturated rings. The molecule has 2 aromatic carbocycles. The third-order valence-corrected chi connectivity index (χ3v) is 3.48. The summed E-state index contributed by atoms with van der Waals surface area (Å²) in [6.45, 7) is 2.19. The van der Waals surface area contributed by atoms with Crippen molar-refractivity contribution in [3.8, 4) is 0 Å². The molecule has 0 aliphatic heterocycles. The highest BCUT2D eigenvalue weighted by atomic mass is 19.1. The Hall–Kier alpha value is -3.02. The fourth-order valence-corrected chi connectivity index (χ4v) is 2.35. The Morgan fingerprint density at radius 3 is 2.54 bits per heavy atom. The topological polar surface area (TPSA) is 46.9 Å². The van der Waals surface area contributed by atoms with Gasteiger partial charge in [-0.1, -0.05) is 18.2 Å². The average Bonchev–Trinajstić information content (AvgIpc) is 2.89. The Kier molecular flexibility index (Phi) is 4.37. The molecule has 1 amide bonds. The zero-order chi connectivity index (χ0) is 17.1. The molecule has 0 saturated carbocycles. The lowest BCUT2D eigenvalue weighted by atomic mass is 10.2. The first-order chi connectivity index (χ1) is 11.5. The number of amides is 1. The SMILES string of the molecule is Cc1cc(NC(=O)c2cccc(F)c2)n(Cc2ccc(F)cc2)n1. The largest absolute Gasteiger partial charge is 0.307 e. The Morgan fingerprint density at radius 1 is 1.08 bits per heavy atom. The van der Waals surface area contributed by atoms with Gasteiger partial charge in [-0.2, -0.15) is 5.10 Å². The van der Waals surface area contributed by atoms with Crippen molar-refractivity contribution in [2.75, 3.05) is 5.32 Å². The van der Waals surface area contributed by atoms with E-state index in [1.54, 1.807) is 29.8 Å². The maximum Gasteiger partial charge on any atom is 0.256 e. The summed E-state index contributed by atoms with van der Waals surface area (Å²) in [5.74, 6) is -0.713. The molecule has 0 radical (unpaired) electrons. The number of halogens is 2. The molecule has 0 saturated heterocycles.